The summed E-state index contributed by atoms with van der Waals surface area (Å²) in [6.07, 6.45) is -2.73. The molecule has 2 rings (SSSR count). The highest BCUT2D eigenvalue weighted by Crippen LogP contribution is 2.31. The van der Waals surface area contributed by atoms with Crippen LogP contribution in [0.3, 0.4) is 0 Å². The summed E-state index contributed by atoms with van der Waals surface area (Å²) in [6.45, 7) is 9.74. The van der Waals surface area contributed by atoms with Crippen LogP contribution in [0.1, 0.15) is 60.3 Å². The summed E-state index contributed by atoms with van der Waals surface area (Å²) >= 11 is 0. The molecular weight excluding hydrogens is 476 g/mol. The van der Waals surface area contributed by atoms with Crippen molar-refractivity contribution in [2.24, 2.45) is 0 Å². The number of carbonyl (C=O) groups is 5. The van der Waals surface area contributed by atoms with E-state index >= 15 is 0 Å². The molecule has 2 heterocycles. The summed E-state index contributed by atoms with van der Waals surface area (Å²) in [6, 6.07) is 0. The molecule has 0 aliphatic carbocycles. The lowest BCUT2D eigenvalue weighted by Gasteiger charge is -2.45. The van der Waals surface area contributed by atoms with Crippen molar-refractivity contribution < 1.29 is 47.7 Å². The summed E-state index contributed by atoms with van der Waals surface area (Å²) < 4.78 is 26.9. The van der Waals surface area contributed by atoms with Crippen molar-refractivity contribution in [2.45, 2.75) is 91.0 Å². The Balaban J connectivity index is 2.25. The molecule has 0 aromatic carbocycles. The van der Waals surface area contributed by atoms with Gasteiger partial charge in [0.05, 0.1) is 0 Å². The Hall–Kier alpha value is -2.73. The maximum Gasteiger partial charge on any atom is 0.305 e. The first-order chi connectivity index (χ1) is 17.0. The summed E-state index contributed by atoms with van der Waals surface area (Å²) in [5.74, 6) is -3.60. The Morgan fingerprint density at radius 3 is 1.75 bits per heavy atom. The van der Waals surface area contributed by atoms with Gasteiger partial charge in [-0.2, -0.15) is 0 Å². The van der Waals surface area contributed by atoms with E-state index in [0.29, 0.717) is 26.2 Å². The lowest BCUT2D eigenvalue weighted by Crippen LogP contribution is -2.66. The van der Waals surface area contributed by atoms with Crippen LogP contribution >= 0.6 is 0 Å². The normalized spacial score (nSPS) is 26.6. The molecule has 0 saturated carbocycles. The first-order valence-electron chi connectivity index (χ1n) is 12.4. The van der Waals surface area contributed by atoms with Crippen LogP contribution in [0, 0.1) is 0 Å². The zero-order valence-corrected chi connectivity index (χ0v) is 21.7. The molecule has 0 unspecified atom stereocenters. The van der Waals surface area contributed by atoms with Crippen molar-refractivity contribution in [2.75, 3.05) is 32.7 Å². The average Bonchev–Trinajstić information content (AvgIpc) is 2.79. The van der Waals surface area contributed by atoms with Crippen LogP contribution in [0.4, 0.5) is 0 Å². The van der Waals surface area contributed by atoms with Crippen molar-refractivity contribution in [1.29, 1.82) is 0 Å². The minimum absolute atomic E-state index is 0.420. The van der Waals surface area contributed by atoms with Crippen molar-refractivity contribution in [3.63, 3.8) is 0 Å². The molecule has 204 valence electrons. The second-order valence-electron chi connectivity index (χ2n) is 8.98. The van der Waals surface area contributed by atoms with E-state index in [2.05, 4.69) is 11.8 Å². The number of unbranched alkanes of at least 4 members (excludes halogenated alkanes) is 3. The van der Waals surface area contributed by atoms with E-state index in [9.17, 15) is 24.0 Å². The number of piperazine rings is 1. The molecule has 2 fully saturated rings. The van der Waals surface area contributed by atoms with E-state index in [1.807, 2.05) is 0 Å². The van der Waals surface area contributed by atoms with Crippen LogP contribution < -0.4 is 0 Å². The fourth-order valence-corrected chi connectivity index (χ4v) is 4.37. The highest BCUT2D eigenvalue weighted by Gasteiger charge is 2.56. The van der Waals surface area contributed by atoms with E-state index in [1.165, 1.54) is 6.42 Å². The second kappa shape index (κ2) is 14.1. The molecule has 12 heteroatoms. The molecule has 2 aliphatic rings. The molecule has 12 nitrogen and oxygen atoms in total. The van der Waals surface area contributed by atoms with E-state index in [0.717, 1.165) is 53.5 Å². The molecular formula is C24H38N2O10. The van der Waals surface area contributed by atoms with Gasteiger partial charge in [-0.25, -0.2) is 0 Å². The van der Waals surface area contributed by atoms with Crippen molar-refractivity contribution in [1.82, 2.24) is 9.80 Å². The number of carbonyl (C=O) groups excluding carboxylic acids is 5. The van der Waals surface area contributed by atoms with E-state index in [4.69, 9.17) is 23.7 Å². The lowest BCUT2D eigenvalue weighted by molar-refractivity contribution is -0.292. The summed E-state index contributed by atoms with van der Waals surface area (Å²) in [7, 11) is 0. The standard InChI is InChI=1S/C24H38N2O10/c1-6-7-8-9-10-25-11-13-26(14-12-25)23(31)21-19(32-15(2)27)20(33-16(3)28)22(34-17(4)29)24(36-21)35-18(5)30/h19-22,24H,6-14H2,1-5H3/t19-,20-,21-,22+,24+/m0/s1. The summed E-state index contributed by atoms with van der Waals surface area (Å²) in [5.41, 5.74) is 0. The number of nitrogens with zero attached hydrogens (tertiary/aromatic N) is 2. The van der Waals surface area contributed by atoms with E-state index in [1.54, 1.807) is 4.90 Å². The Kier molecular flexibility index (Phi) is 11.6. The van der Waals surface area contributed by atoms with E-state index in [-0.39, 0.29) is 0 Å². The van der Waals surface area contributed by atoms with Gasteiger partial charge in [0.2, 0.25) is 12.4 Å². The average molecular weight is 515 g/mol. The van der Waals surface area contributed by atoms with Crippen LogP contribution in [-0.2, 0) is 47.7 Å². The molecule has 0 N–H and O–H groups in total. The van der Waals surface area contributed by atoms with Crippen LogP contribution in [0.15, 0.2) is 0 Å². The highest BCUT2D eigenvalue weighted by molar-refractivity contribution is 5.83. The Morgan fingerprint density at radius 2 is 1.22 bits per heavy atom. The van der Waals surface area contributed by atoms with Gasteiger partial charge in [-0.05, 0) is 13.0 Å². The molecule has 0 bridgehead atoms. The van der Waals surface area contributed by atoms with Gasteiger partial charge in [0, 0.05) is 53.9 Å². The topological polar surface area (TPSA) is 138 Å². The molecule has 5 atom stereocenters. The smallest absolute Gasteiger partial charge is 0.305 e. The molecule has 2 saturated heterocycles. The fourth-order valence-electron chi connectivity index (χ4n) is 4.37. The first kappa shape index (κ1) is 29.5. The monoisotopic (exact) mass is 514 g/mol. The predicted molar refractivity (Wildman–Crippen MR) is 124 cm³/mol. The molecule has 0 aromatic heterocycles. The number of amides is 1. The zero-order valence-electron chi connectivity index (χ0n) is 21.7. The summed E-state index contributed by atoms with van der Waals surface area (Å²) in [5, 5.41) is 0. The minimum Gasteiger partial charge on any atom is -0.455 e. The Morgan fingerprint density at radius 1 is 0.694 bits per heavy atom. The first-order valence-corrected chi connectivity index (χ1v) is 12.4. The number of esters is 4. The third kappa shape index (κ3) is 8.74. The second-order valence-corrected chi connectivity index (χ2v) is 8.98. The van der Waals surface area contributed by atoms with Crippen LogP contribution in [0.25, 0.3) is 0 Å². The largest absolute Gasteiger partial charge is 0.455 e. The maximum absolute atomic E-state index is 13.5. The third-order valence-corrected chi connectivity index (χ3v) is 5.94. The van der Waals surface area contributed by atoms with Gasteiger partial charge in [-0.3, -0.25) is 28.9 Å². The van der Waals surface area contributed by atoms with Crippen molar-refractivity contribution >= 4 is 29.8 Å². The van der Waals surface area contributed by atoms with Crippen LogP contribution in [-0.4, -0.2) is 103 Å². The van der Waals surface area contributed by atoms with Gasteiger partial charge in [0.1, 0.15) is 0 Å². The minimum atomic E-state index is -1.56. The molecule has 2 aliphatic heterocycles. The molecule has 1 amide bonds. The zero-order chi connectivity index (χ0) is 26.8. The predicted octanol–water partition coefficient (Wildman–Crippen LogP) is 0.794. The van der Waals surface area contributed by atoms with Gasteiger partial charge < -0.3 is 28.6 Å². The fraction of sp³-hybridized carbons (Fsp3) is 0.792. The van der Waals surface area contributed by atoms with Crippen LogP contribution in [0.2, 0.25) is 0 Å². The Bertz CT molecular complexity index is 796. The number of hydrogen-bond donors (Lipinski definition) is 0. The van der Waals surface area contributed by atoms with Gasteiger partial charge in [-0.1, -0.05) is 26.2 Å². The van der Waals surface area contributed by atoms with Gasteiger partial charge in [-0.15, -0.1) is 0 Å². The highest BCUT2D eigenvalue weighted by atomic mass is 16.7. The lowest BCUT2D eigenvalue weighted by atomic mass is 9.96. The SMILES string of the molecule is CCCCCCN1CCN(C(=O)[C@H]2O[C@@H](OC(C)=O)[C@H](OC(C)=O)[C@@H](OC(C)=O)[C@@H]2OC(C)=O)CC1. The molecule has 0 spiro atoms. The number of hydrogen-bond acceptors (Lipinski definition) is 11. The third-order valence-electron chi connectivity index (χ3n) is 5.94. The molecule has 36 heavy (non-hydrogen) atoms. The van der Waals surface area contributed by atoms with E-state index < -0.39 is 60.5 Å². The number of rotatable bonds is 10. The quantitative estimate of drug-likeness (QED) is 0.232. The Labute approximate surface area is 211 Å². The van der Waals surface area contributed by atoms with Gasteiger partial charge >= 0.3 is 23.9 Å². The van der Waals surface area contributed by atoms with Gasteiger partial charge in [0.15, 0.2) is 18.3 Å². The van der Waals surface area contributed by atoms with Crippen molar-refractivity contribution in [3.8, 4) is 0 Å². The molecule has 0 radical (unpaired) electrons. The number of ether oxygens (including phenoxy) is 5. The molecule has 0 aromatic rings. The van der Waals surface area contributed by atoms with Crippen molar-refractivity contribution in [3.05, 3.63) is 0 Å². The van der Waals surface area contributed by atoms with Gasteiger partial charge in [0.25, 0.3) is 5.91 Å². The maximum atomic E-state index is 13.5. The summed E-state index contributed by atoms with van der Waals surface area (Å²) in [4.78, 5) is 64.7. The van der Waals surface area contributed by atoms with Crippen LogP contribution in [0.5, 0.6) is 0 Å².